The van der Waals surface area contributed by atoms with Crippen molar-refractivity contribution < 1.29 is 14.7 Å². The molecule has 0 bridgehead atoms. The molecule has 0 heterocycles. The number of carbonyl (C=O) groups is 2. The van der Waals surface area contributed by atoms with E-state index < -0.39 is 17.9 Å². The Morgan fingerprint density at radius 1 is 1.33 bits per heavy atom. The van der Waals surface area contributed by atoms with E-state index in [0.717, 1.165) is 0 Å². The molecule has 1 aromatic rings. The van der Waals surface area contributed by atoms with Crippen LogP contribution in [0.4, 0.5) is 0 Å². The predicted octanol–water partition coefficient (Wildman–Crippen LogP) is 1.11. The van der Waals surface area contributed by atoms with Crippen LogP contribution in [0.25, 0.3) is 0 Å². The highest BCUT2D eigenvalue weighted by molar-refractivity contribution is 6.20. The molecule has 0 spiro atoms. The standard InChI is InChI=1S/C10H10ClNO3/c11-6-8(10(14)15)12-9(13)7-4-2-1-3-5-7/h1-5,8H,6H2,(H,12,13)(H,14,15). The second-order valence-corrected chi connectivity index (χ2v) is 3.19. The molecule has 0 aliphatic heterocycles. The van der Waals surface area contributed by atoms with E-state index in [4.69, 9.17) is 16.7 Å². The number of rotatable bonds is 4. The lowest BCUT2D eigenvalue weighted by Gasteiger charge is -2.10. The molecule has 0 aliphatic carbocycles. The van der Waals surface area contributed by atoms with Crippen molar-refractivity contribution in [3.05, 3.63) is 35.9 Å². The van der Waals surface area contributed by atoms with Gasteiger partial charge in [0.15, 0.2) is 0 Å². The Kier molecular flexibility index (Phi) is 4.12. The lowest BCUT2D eigenvalue weighted by Crippen LogP contribution is -2.42. The van der Waals surface area contributed by atoms with Gasteiger partial charge in [0.2, 0.25) is 0 Å². The van der Waals surface area contributed by atoms with E-state index in [2.05, 4.69) is 5.32 Å². The number of carboxylic acid groups (broad SMARTS) is 1. The molecule has 80 valence electrons. The summed E-state index contributed by atoms with van der Waals surface area (Å²) in [6, 6.07) is 7.31. The summed E-state index contributed by atoms with van der Waals surface area (Å²) in [5.41, 5.74) is 0.411. The number of hydrogen-bond donors (Lipinski definition) is 2. The number of halogens is 1. The Bertz CT molecular complexity index is 353. The zero-order valence-corrected chi connectivity index (χ0v) is 8.57. The van der Waals surface area contributed by atoms with Gasteiger partial charge in [-0.25, -0.2) is 4.79 Å². The van der Waals surface area contributed by atoms with Gasteiger partial charge < -0.3 is 10.4 Å². The van der Waals surface area contributed by atoms with Gasteiger partial charge in [0.1, 0.15) is 6.04 Å². The molecule has 0 aromatic heterocycles. The van der Waals surface area contributed by atoms with Crippen molar-refractivity contribution in [2.75, 3.05) is 5.88 Å². The molecule has 1 atom stereocenters. The van der Waals surface area contributed by atoms with Gasteiger partial charge in [0.05, 0.1) is 5.88 Å². The Labute approximate surface area is 91.9 Å². The lowest BCUT2D eigenvalue weighted by molar-refractivity contribution is -0.138. The zero-order valence-electron chi connectivity index (χ0n) is 7.81. The largest absolute Gasteiger partial charge is 0.480 e. The predicted molar refractivity (Wildman–Crippen MR) is 56.1 cm³/mol. The average Bonchev–Trinajstić information content (AvgIpc) is 2.26. The fourth-order valence-electron chi connectivity index (χ4n) is 0.997. The molecule has 0 saturated carbocycles. The van der Waals surface area contributed by atoms with Crippen LogP contribution in [-0.4, -0.2) is 28.9 Å². The van der Waals surface area contributed by atoms with Gasteiger partial charge in [-0.2, -0.15) is 0 Å². The van der Waals surface area contributed by atoms with E-state index in [1.165, 1.54) is 0 Å². The maximum Gasteiger partial charge on any atom is 0.327 e. The SMILES string of the molecule is O=C(NC(CCl)C(=O)O)c1ccccc1. The molecule has 5 heteroatoms. The third kappa shape index (κ3) is 3.25. The molecule has 1 aromatic carbocycles. The second kappa shape index (κ2) is 5.36. The monoisotopic (exact) mass is 227 g/mol. The molecule has 0 fully saturated rings. The summed E-state index contributed by atoms with van der Waals surface area (Å²) in [5, 5.41) is 11.0. The number of carboxylic acids is 1. The van der Waals surface area contributed by atoms with Crippen LogP contribution >= 0.6 is 11.6 Å². The van der Waals surface area contributed by atoms with Gasteiger partial charge in [0, 0.05) is 5.56 Å². The van der Waals surface area contributed by atoms with Crippen LogP contribution in [0.1, 0.15) is 10.4 Å². The highest BCUT2D eigenvalue weighted by Crippen LogP contribution is 1.99. The quantitative estimate of drug-likeness (QED) is 0.758. The molecule has 0 radical (unpaired) electrons. The molecule has 15 heavy (non-hydrogen) atoms. The minimum Gasteiger partial charge on any atom is -0.480 e. The van der Waals surface area contributed by atoms with Gasteiger partial charge in [-0.05, 0) is 12.1 Å². The summed E-state index contributed by atoms with van der Waals surface area (Å²) >= 11 is 5.40. The second-order valence-electron chi connectivity index (χ2n) is 2.88. The van der Waals surface area contributed by atoms with E-state index in [1.807, 2.05) is 0 Å². The molecule has 0 saturated heterocycles. The zero-order chi connectivity index (χ0) is 11.3. The third-order valence-electron chi connectivity index (χ3n) is 1.79. The first-order valence-corrected chi connectivity index (χ1v) is 4.83. The minimum absolute atomic E-state index is 0.159. The van der Waals surface area contributed by atoms with Crippen LogP contribution < -0.4 is 5.32 Å². The molecule has 1 unspecified atom stereocenters. The van der Waals surface area contributed by atoms with Gasteiger partial charge in [0.25, 0.3) is 5.91 Å². The van der Waals surface area contributed by atoms with Crippen LogP contribution in [0.5, 0.6) is 0 Å². The van der Waals surface area contributed by atoms with E-state index in [1.54, 1.807) is 30.3 Å². The van der Waals surface area contributed by atoms with Crippen molar-refractivity contribution in [3.8, 4) is 0 Å². The highest BCUT2D eigenvalue weighted by atomic mass is 35.5. The van der Waals surface area contributed by atoms with Gasteiger partial charge in [-0.1, -0.05) is 18.2 Å². The normalized spacial score (nSPS) is 11.8. The molecule has 4 nitrogen and oxygen atoms in total. The summed E-state index contributed by atoms with van der Waals surface area (Å²) in [5.74, 6) is -1.74. The molecule has 2 N–H and O–H groups in total. The molecule has 1 rings (SSSR count). The molecule has 1 amide bonds. The summed E-state index contributed by atoms with van der Waals surface area (Å²) in [6.45, 7) is 0. The summed E-state index contributed by atoms with van der Waals surface area (Å²) in [7, 11) is 0. The fraction of sp³-hybridized carbons (Fsp3) is 0.200. The van der Waals surface area contributed by atoms with Crippen molar-refractivity contribution in [3.63, 3.8) is 0 Å². The first kappa shape index (κ1) is 11.5. The fourth-order valence-corrected chi connectivity index (χ4v) is 1.21. The van der Waals surface area contributed by atoms with Crippen LogP contribution in [0, 0.1) is 0 Å². The van der Waals surface area contributed by atoms with E-state index >= 15 is 0 Å². The summed E-state index contributed by atoms with van der Waals surface area (Å²) < 4.78 is 0. The average molecular weight is 228 g/mol. The van der Waals surface area contributed by atoms with Crippen LogP contribution in [0.2, 0.25) is 0 Å². The van der Waals surface area contributed by atoms with Crippen LogP contribution in [-0.2, 0) is 4.79 Å². The van der Waals surface area contributed by atoms with Crippen molar-refractivity contribution in [1.82, 2.24) is 5.32 Å². The number of amides is 1. The number of hydrogen-bond acceptors (Lipinski definition) is 2. The van der Waals surface area contributed by atoms with Crippen molar-refractivity contribution in [1.29, 1.82) is 0 Å². The van der Waals surface area contributed by atoms with E-state index in [-0.39, 0.29) is 5.88 Å². The number of alkyl halides is 1. The topological polar surface area (TPSA) is 66.4 Å². The lowest BCUT2D eigenvalue weighted by atomic mass is 10.2. The number of carbonyl (C=O) groups excluding carboxylic acids is 1. The number of nitrogens with one attached hydrogen (secondary N) is 1. The van der Waals surface area contributed by atoms with Crippen molar-refractivity contribution in [2.45, 2.75) is 6.04 Å². The van der Waals surface area contributed by atoms with Crippen molar-refractivity contribution in [2.24, 2.45) is 0 Å². The Hall–Kier alpha value is -1.55. The minimum atomic E-state index is -1.14. The third-order valence-corrected chi connectivity index (χ3v) is 2.10. The number of aliphatic carboxylic acids is 1. The van der Waals surface area contributed by atoms with E-state index in [0.29, 0.717) is 5.56 Å². The molecular weight excluding hydrogens is 218 g/mol. The van der Waals surface area contributed by atoms with Gasteiger partial charge in [-0.3, -0.25) is 4.79 Å². The van der Waals surface area contributed by atoms with Crippen LogP contribution in [0.15, 0.2) is 30.3 Å². The smallest absolute Gasteiger partial charge is 0.327 e. The maximum absolute atomic E-state index is 11.5. The summed E-state index contributed by atoms with van der Waals surface area (Å²) in [4.78, 5) is 22.1. The first-order valence-electron chi connectivity index (χ1n) is 4.30. The first-order chi connectivity index (χ1) is 7.15. The molecular formula is C10H10ClNO3. The van der Waals surface area contributed by atoms with Gasteiger partial charge >= 0.3 is 5.97 Å². The Morgan fingerprint density at radius 2 is 1.93 bits per heavy atom. The Morgan fingerprint density at radius 3 is 2.40 bits per heavy atom. The van der Waals surface area contributed by atoms with Crippen LogP contribution in [0.3, 0.4) is 0 Å². The molecule has 0 aliphatic rings. The number of benzene rings is 1. The summed E-state index contributed by atoms with van der Waals surface area (Å²) in [6.07, 6.45) is 0. The van der Waals surface area contributed by atoms with Crippen molar-refractivity contribution >= 4 is 23.5 Å². The van der Waals surface area contributed by atoms with E-state index in [9.17, 15) is 9.59 Å². The Balaban J connectivity index is 2.67. The van der Waals surface area contributed by atoms with Gasteiger partial charge in [-0.15, -0.1) is 11.6 Å². The maximum atomic E-state index is 11.5. The highest BCUT2D eigenvalue weighted by Gasteiger charge is 2.18.